The second-order valence-corrected chi connectivity index (χ2v) is 9.52. The van der Waals surface area contributed by atoms with E-state index in [1.54, 1.807) is 0 Å². The summed E-state index contributed by atoms with van der Waals surface area (Å²) in [6.45, 7) is 6.24. The van der Waals surface area contributed by atoms with Gasteiger partial charge in [-0.05, 0) is 67.3 Å². The van der Waals surface area contributed by atoms with Crippen LogP contribution in [0.2, 0.25) is 0 Å². The molecule has 1 aliphatic carbocycles. The van der Waals surface area contributed by atoms with Crippen LogP contribution in [0.15, 0.2) is 97.6 Å². The van der Waals surface area contributed by atoms with Crippen LogP contribution < -0.4 is 0 Å². The van der Waals surface area contributed by atoms with Crippen molar-refractivity contribution in [2.45, 2.75) is 19.8 Å². The third-order valence-electron chi connectivity index (χ3n) is 7.52. The van der Waals surface area contributed by atoms with E-state index >= 15 is 0 Å². The van der Waals surface area contributed by atoms with E-state index in [0.717, 1.165) is 12.8 Å². The molecule has 6 aromatic rings. The molecular formula is C33H26N2. The number of aryl methyl sites for hydroxylation is 1. The van der Waals surface area contributed by atoms with E-state index in [1.807, 2.05) is 6.20 Å². The Hall–Kier alpha value is -4.30. The summed E-state index contributed by atoms with van der Waals surface area (Å²) in [5, 5.41) is 3.87. The minimum absolute atomic E-state index is 1.02. The molecule has 0 spiro atoms. The molecule has 0 fully saturated rings. The maximum Gasteiger partial charge on any atom is 0.0540 e. The number of allylic oxidation sites excluding steroid dienone is 1. The summed E-state index contributed by atoms with van der Waals surface area (Å²) in [5.74, 6) is 0. The second kappa shape index (κ2) is 7.61. The lowest BCUT2D eigenvalue weighted by atomic mass is 9.91. The number of aromatic nitrogens is 2. The van der Waals surface area contributed by atoms with Gasteiger partial charge in [-0.3, -0.25) is 0 Å². The SMILES string of the molecule is C=Cn1c2ccccc2c2ccc(C3=Cc4c(n(-c5ccc(C)cc5)c5ccccc45)CC3)cc21. The third-order valence-corrected chi connectivity index (χ3v) is 7.52. The van der Waals surface area contributed by atoms with Gasteiger partial charge in [0.25, 0.3) is 0 Å². The number of rotatable bonds is 3. The summed E-state index contributed by atoms with van der Waals surface area (Å²) >= 11 is 0. The van der Waals surface area contributed by atoms with E-state index in [2.05, 4.69) is 120 Å². The first-order valence-corrected chi connectivity index (χ1v) is 12.3. The molecule has 2 heterocycles. The zero-order valence-electron chi connectivity index (χ0n) is 19.8. The summed E-state index contributed by atoms with van der Waals surface area (Å²) in [5.41, 5.74) is 11.7. The van der Waals surface area contributed by atoms with Crippen LogP contribution in [0.3, 0.4) is 0 Å². The van der Waals surface area contributed by atoms with E-state index in [0.29, 0.717) is 0 Å². The largest absolute Gasteiger partial charge is 0.317 e. The molecule has 4 aromatic carbocycles. The highest BCUT2D eigenvalue weighted by molar-refractivity contribution is 6.10. The summed E-state index contributed by atoms with van der Waals surface area (Å²) in [7, 11) is 0. The smallest absolute Gasteiger partial charge is 0.0540 e. The number of para-hydroxylation sites is 2. The fraction of sp³-hybridized carbons (Fsp3) is 0.0909. The standard InChI is InChI=1S/C33H26N2/c1-3-34-30-10-6-4-8-26(30)28-18-14-24(21-33(28)34)23-15-19-32-29(20-23)27-9-5-7-11-31(27)35(32)25-16-12-22(2)13-17-25/h3-14,16-18,20-21H,1,15,19H2,2H3. The van der Waals surface area contributed by atoms with Crippen LogP contribution >= 0.6 is 0 Å². The van der Waals surface area contributed by atoms with Crippen molar-refractivity contribution in [1.82, 2.24) is 9.13 Å². The molecular weight excluding hydrogens is 424 g/mol. The Morgan fingerprint density at radius 3 is 2.23 bits per heavy atom. The molecule has 0 saturated heterocycles. The highest BCUT2D eigenvalue weighted by Gasteiger charge is 2.22. The average Bonchev–Trinajstić information content (AvgIpc) is 3.41. The van der Waals surface area contributed by atoms with Gasteiger partial charge in [0, 0.05) is 39.3 Å². The fourth-order valence-corrected chi connectivity index (χ4v) is 5.84. The highest BCUT2D eigenvalue weighted by atomic mass is 15.0. The molecule has 0 unspecified atom stereocenters. The highest BCUT2D eigenvalue weighted by Crippen LogP contribution is 2.39. The summed E-state index contributed by atoms with van der Waals surface area (Å²) < 4.78 is 4.67. The first-order valence-electron chi connectivity index (χ1n) is 12.3. The maximum atomic E-state index is 4.09. The predicted octanol–water partition coefficient (Wildman–Crippen LogP) is 8.63. The van der Waals surface area contributed by atoms with Gasteiger partial charge in [0.15, 0.2) is 0 Å². The Morgan fingerprint density at radius 1 is 0.714 bits per heavy atom. The van der Waals surface area contributed by atoms with E-state index < -0.39 is 0 Å². The number of fused-ring (bicyclic) bond motifs is 6. The Morgan fingerprint density at radius 2 is 1.43 bits per heavy atom. The molecule has 0 atom stereocenters. The van der Waals surface area contributed by atoms with Crippen LogP contribution in [0.25, 0.3) is 56.2 Å². The van der Waals surface area contributed by atoms with Gasteiger partial charge >= 0.3 is 0 Å². The van der Waals surface area contributed by atoms with E-state index in [-0.39, 0.29) is 0 Å². The second-order valence-electron chi connectivity index (χ2n) is 9.52. The Labute approximate surface area is 205 Å². The lowest BCUT2D eigenvalue weighted by Gasteiger charge is -2.18. The van der Waals surface area contributed by atoms with Crippen LogP contribution in [0.4, 0.5) is 0 Å². The van der Waals surface area contributed by atoms with Crippen LogP contribution in [-0.2, 0) is 6.42 Å². The first kappa shape index (κ1) is 20.1. The number of hydrogen-bond donors (Lipinski definition) is 0. The summed E-state index contributed by atoms with van der Waals surface area (Å²) in [4.78, 5) is 0. The first-order chi connectivity index (χ1) is 17.2. The van der Waals surface area contributed by atoms with Gasteiger partial charge in [-0.25, -0.2) is 0 Å². The average molecular weight is 451 g/mol. The molecule has 2 aromatic heterocycles. The Balaban J connectivity index is 1.43. The topological polar surface area (TPSA) is 9.86 Å². The molecule has 0 radical (unpaired) electrons. The van der Waals surface area contributed by atoms with E-state index in [9.17, 15) is 0 Å². The van der Waals surface area contributed by atoms with Crippen molar-refractivity contribution in [3.05, 3.63) is 120 Å². The Bertz CT molecular complexity index is 1810. The zero-order valence-corrected chi connectivity index (χ0v) is 19.8. The fourth-order valence-electron chi connectivity index (χ4n) is 5.84. The quantitative estimate of drug-likeness (QED) is 0.255. The molecule has 35 heavy (non-hydrogen) atoms. The van der Waals surface area contributed by atoms with Crippen molar-refractivity contribution in [1.29, 1.82) is 0 Å². The number of benzene rings is 4. The van der Waals surface area contributed by atoms with Crippen LogP contribution in [0, 0.1) is 6.92 Å². The number of nitrogens with zero attached hydrogens (tertiary/aromatic N) is 2. The molecule has 168 valence electrons. The molecule has 0 bridgehead atoms. The van der Waals surface area contributed by atoms with Gasteiger partial charge in [0.2, 0.25) is 0 Å². The third kappa shape index (κ3) is 2.96. The molecule has 1 aliphatic rings. The minimum Gasteiger partial charge on any atom is -0.317 e. The monoisotopic (exact) mass is 450 g/mol. The molecule has 0 saturated carbocycles. The maximum absolute atomic E-state index is 4.09. The molecule has 2 heteroatoms. The van der Waals surface area contributed by atoms with Crippen LogP contribution in [-0.4, -0.2) is 9.13 Å². The molecule has 0 N–H and O–H groups in total. The van der Waals surface area contributed by atoms with Crippen molar-refractivity contribution < 1.29 is 0 Å². The molecule has 0 amide bonds. The van der Waals surface area contributed by atoms with E-state index in [1.165, 1.54) is 66.4 Å². The normalized spacial score (nSPS) is 13.3. The predicted molar refractivity (Wildman–Crippen MR) is 150 cm³/mol. The lowest BCUT2D eigenvalue weighted by Crippen LogP contribution is -2.05. The molecule has 2 nitrogen and oxygen atoms in total. The number of hydrogen-bond acceptors (Lipinski definition) is 0. The molecule has 0 aliphatic heterocycles. The van der Waals surface area contributed by atoms with E-state index in [4.69, 9.17) is 0 Å². The lowest BCUT2D eigenvalue weighted by molar-refractivity contribution is 0.898. The van der Waals surface area contributed by atoms with Crippen molar-refractivity contribution in [3.63, 3.8) is 0 Å². The minimum atomic E-state index is 1.02. The van der Waals surface area contributed by atoms with Gasteiger partial charge in [0.05, 0.1) is 16.6 Å². The van der Waals surface area contributed by atoms with Crippen LogP contribution in [0.1, 0.15) is 28.8 Å². The molecule has 7 rings (SSSR count). The summed E-state index contributed by atoms with van der Waals surface area (Å²) in [6, 6.07) is 33.2. The van der Waals surface area contributed by atoms with Gasteiger partial charge in [-0.2, -0.15) is 0 Å². The Kier molecular flexibility index (Phi) is 4.37. The van der Waals surface area contributed by atoms with Gasteiger partial charge in [-0.1, -0.05) is 72.8 Å². The van der Waals surface area contributed by atoms with Crippen molar-refractivity contribution >= 4 is 50.6 Å². The van der Waals surface area contributed by atoms with Gasteiger partial charge in [-0.15, -0.1) is 0 Å². The van der Waals surface area contributed by atoms with Crippen molar-refractivity contribution in [3.8, 4) is 5.69 Å². The van der Waals surface area contributed by atoms with Crippen molar-refractivity contribution in [2.75, 3.05) is 0 Å². The zero-order chi connectivity index (χ0) is 23.5. The van der Waals surface area contributed by atoms with Crippen molar-refractivity contribution in [2.24, 2.45) is 0 Å². The summed E-state index contributed by atoms with van der Waals surface area (Å²) in [6.07, 6.45) is 6.39. The van der Waals surface area contributed by atoms with Crippen LogP contribution in [0.5, 0.6) is 0 Å². The van der Waals surface area contributed by atoms with Gasteiger partial charge in [0.1, 0.15) is 0 Å². The van der Waals surface area contributed by atoms with Gasteiger partial charge < -0.3 is 9.13 Å².